The number of aryl methyl sites for hydroxylation is 1. The molecule has 196 valence electrons. The third-order valence-corrected chi connectivity index (χ3v) is 6.85. The van der Waals surface area contributed by atoms with Crippen molar-refractivity contribution >= 4 is 23.2 Å². The number of likely N-dealkylation sites (N-methyl/N-ethyl adjacent to an activating group) is 1. The number of nitrogens with zero attached hydrogens (tertiary/aromatic N) is 5. The van der Waals surface area contributed by atoms with Crippen LogP contribution in [0.5, 0.6) is 5.75 Å². The Hall–Kier alpha value is -4.21. The van der Waals surface area contributed by atoms with Gasteiger partial charge in [-0.3, -0.25) is 4.79 Å². The van der Waals surface area contributed by atoms with Gasteiger partial charge in [0, 0.05) is 31.7 Å². The lowest BCUT2D eigenvalue weighted by molar-refractivity contribution is 0.0997. The van der Waals surface area contributed by atoms with Crippen molar-refractivity contribution in [1.29, 1.82) is 0 Å². The van der Waals surface area contributed by atoms with Crippen LogP contribution in [-0.4, -0.2) is 66.4 Å². The van der Waals surface area contributed by atoms with Crippen LogP contribution in [0.2, 0.25) is 0 Å². The lowest BCUT2D eigenvalue weighted by Gasteiger charge is -2.35. The van der Waals surface area contributed by atoms with Gasteiger partial charge in [0.05, 0.1) is 18.5 Å². The third-order valence-electron chi connectivity index (χ3n) is 6.85. The number of benzene rings is 3. The number of carbonyl (C=O) groups is 1. The molecule has 0 radical (unpaired) electrons. The van der Waals surface area contributed by atoms with Gasteiger partial charge in [-0.05, 0) is 66.2 Å². The van der Waals surface area contributed by atoms with Crippen molar-refractivity contribution in [2.45, 2.75) is 13.5 Å². The van der Waals surface area contributed by atoms with Crippen LogP contribution < -0.4 is 14.5 Å². The van der Waals surface area contributed by atoms with Gasteiger partial charge in [0.1, 0.15) is 12.4 Å². The van der Waals surface area contributed by atoms with Crippen molar-refractivity contribution in [2.24, 2.45) is 0 Å². The maximum atomic E-state index is 13.9. The molecule has 1 saturated heterocycles. The number of ether oxygens (including phenoxy) is 1. The van der Waals surface area contributed by atoms with Crippen molar-refractivity contribution in [2.75, 3.05) is 50.1 Å². The van der Waals surface area contributed by atoms with Gasteiger partial charge in [-0.2, -0.15) is 4.98 Å². The molecule has 0 saturated carbocycles. The minimum atomic E-state index is -0.421. The molecule has 0 atom stereocenters. The Morgan fingerprint density at radius 3 is 2.45 bits per heavy atom. The molecule has 9 nitrogen and oxygen atoms in total. The summed E-state index contributed by atoms with van der Waals surface area (Å²) in [7, 11) is 3.74. The molecule has 1 aliphatic rings. The van der Waals surface area contributed by atoms with Crippen LogP contribution in [0.1, 0.15) is 21.8 Å². The lowest BCUT2D eigenvalue weighted by atomic mass is 9.99. The molecule has 2 heterocycles. The highest BCUT2D eigenvalue weighted by Crippen LogP contribution is 2.36. The highest BCUT2D eigenvalue weighted by Gasteiger charge is 2.27. The summed E-state index contributed by atoms with van der Waals surface area (Å²) < 4.78 is 10.8. The van der Waals surface area contributed by atoms with E-state index in [0.29, 0.717) is 11.3 Å². The second-order valence-electron chi connectivity index (χ2n) is 9.33. The minimum absolute atomic E-state index is 0.0282. The molecule has 1 amide bonds. The van der Waals surface area contributed by atoms with Gasteiger partial charge < -0.3 is 24.2 Å². The Labute approximate surface area is 221 Å². The quantitative estimate of drug-likeness (QED) is 0.391. The zero-order chi connectivity index (χ0) is 26.6. The maximum Gasteiger partial charge on any atom is 0.277 e. The Morgan fingerprint density at radius 2 is 1.79 bits per heavy atom. The summed E-state index contributed by atoms with van der Waals surface area (Å²) in [5.41, 5.74) is 5.21. The first kappa shape index (κ1) is 25.4. The average molecular weight is 514 g/mol. The van der Waals surface area contributed by atoms with E-state index in [1.54, 1.807) is 25.3 Å². The Morgan fingerprint density at radius 1 is 1.05 bits per heavy atom. The molecule has 5 rings (SSSR count). The largest absolute Gasteiger partial charge is 0.495 e. The van der Waals surface area contributed by atoms with E-state index in [1.165, 1.54) is 4.90 Å². The topological polar surface area (TPSA) is 95.2 Å². The summed E-state index contributed by atoms with van der Waals surface area (Å²) in [6.45, 7) is 5.16. The first-order valence-electron chi connectivity index (χ1n) is 12.5. The number of carbonyl (C=O) groups excluding carboxylic acids is 1. The van der Waals surface area contributed by atoms with Crippen LogP contribution in [-0.2, 0) is 6.61 Å². The molecule has 0 bridgehead atoms. The van der Waals surface area contributed by atoms with Crippen LogP contribution in [0.25, 0.3) is 11.1 Å². The minimum Gasteiger partial charge on any atom is -0.495 e. The molecule has 1 N–H and O–H groups in total. The first-order chi connectivity index (χ1) is 18.5. The summed E-state index contributed by atoms with van der Waals surface area (Å²) in [4.78, 5) is 24.1. The number of aromatic nitrogens is 2. The average Bonchev–Trinajstić information content (AvgIpc) is 3.43. The van der Waals surface area contributed by atoms with Gasteiger partial charge >= 0.3 is 0 Å². The molecule has 38 heavy (non-hydrogen) atoms. The van der Waals surface area contributed by atoms with Crippen molar-refractivity contribution in [1.82, 2.24) is 15.0 Å². The number of hydrogen-bond donors (Lipinski definition) is 1. The van der Waals surface area contributed by atoms with Crippen molar-refractivity contribution in [3.63, 3.8) is 0 Å². The van der Waals surface area contributed by atoms with Gasteiger partial charge in [0.25, 0.3) is 17.7 Å². The molecular formula is C29H31N5O4. The lowest BCUT2D eigenvalue weighted by Crippen LogP contribution is -2.44. The summed E-state index contributed by atoms with van der Waals surface area (Å²) in [5, 5.41) is 13.5. The van der Waals surface area contributed by atoms with E-state index in [4.69, 9.17) is 9.26 Å². The van der Waals surface area contributed by atoms with Gasteiger partial charge in [-0.15, -0.1) is 0 Å². The fraction of sp³-hybridized carbons (Fsp3) is 0.276. The fourth-order valence-electron chi connectivity index (χ4n) is 4.65. The van der Waals surface area contributed by atoms with E-state index in [1.807, 2.05) is 36.4 Å². The normalized spacial score (nSPS) is 13.9. The number of amides is 1. The Kier molecular flexibility index (Phi) is 7.39. The van der Waals surface area contributed by atoms with E-state index in [0.717, 1.165) is 54.3 Å². The predicted molar refractivity (Wildman–Crippen MR) is 146 cm³/mol. The first-order valence-corrected chi connectivity index (χ1v) is 12.5. The van der Waals surface area contributed by atoms with E-state index in [2.05, 4.69) is 46.0 Å². The zero-order valence-corrected chi connectivity index (χ0v) is 21.8. The van der Waals surface area contributed by atoms with Gasteiger partial charge in [0.2, 0.25) is 0 Å². The molecular weight excluding hydrogens is 482 g/mol. The SMILES string of the molecule is COc1ccc(N(C(=O)c2ccc(-c3ccccc3C)cc2)c2noc(CO)n2)cc1N1CCN(C)CC1. The number of hydrogen-bond acceptors (Lipinski definition) is 8. The standard InChI is InChI=1S/C29H31N5O4/c1-20-6-4-5-7-24(20)21-8-10-22(11-9-21)28(36)34(29-30-27(19-35)38-31-29)23-12-13-26(37-3)25(18-23)33-16-14-32(2)15-17-33/h4-13,18,35H,14-17,19H2,1-3H3. The van der Waals surface area contributed by atoms with E-state index >= 15 is 0 Å². The highest BCUT2D eigenvalue weighted by atomic mass is 16.5. The van der Waals surface area contributed by atoms with Crippen LogP contribution in [0.3, 0.4) is 0 Å². The predicted octanol–water partition coefficient (Wildman–Crippen LogP) is 4.28. The molecule has 3 aromatic carbocycles. The van der Waals surface area contributed by atoms with E-state index in [-0.39, 0.29) is 17.7 Å². The molecule has 0 unspecified atom stereocenters. The van der Waals surface area contributed by atoms with Crippen LogP contribution in [0.4, 0.5) is 17.3 Å². The van der Waals surface area contributed by atoms with Crippen molar-refractivity contribution in [3.05, 3.63) is 83.7 Å². The summed E-state index contributed by atoms with van der Waals surface area (Å²) in [5.74, 6) is 0.482. The van der Waals surface area contributed by atoms with Crippen LogP contribution in [0.15, 0.2) is 71.3 Å². The molecule has 1 aromatic heterocycles. The number of aliphatic hydroxyl groups is 1. The van der Waals surface area contributed by atoms with Gasteiger partial charge in [-0.1, -0.05) is 36.4 Å². The van der Waals surface area contributed by atoms with E-state index < -0.39 is 6.61 Å². The van der Waals surface area contributed by atoms with Crippen molar-refractivity contribution in [3.8, 4) is 16.9 Å². The van der Waals surface area contributed by atoms with Gasteiger partial charge in [-0.25, -0.2) is 4.90 Å². The maximum absolute atomic E-state index is 13.9. The molecule has 0 aliphatic carbocycles. The number of aliphatic hydroxyl groups excluding tert-OH is 1. The Bertz CT molecular complexity index is 1410. The third kappa shape index (κ3) is 5.11. The summed E-state index contributed by atoms with van der Waals surface area (Å²) in [6.07, 6.45) is 0. The van der Waals surface area contributed by atoms with Crippen molar-refractivity contribution < 1.29 is 19.2 Å². The second kappa shape index (κ2) is 11.0. The number of methoxy groups -OCH3 is 1. The fourth-order valence-corrected chi connectivity index (χ4v) is 4.65. The smallest absolute Gasteiger partial charge is 0.277 e. The molecule has 4 aromatic rings. The van der Waals surface area contributed by atoms with E-state index in [9.17, 15) is 9.90 Å². The number of anilines is 3. The van der Waals surface area contributed by atoms with Crippen LogP contribution >= 0.6 is 0 Å². The van der Waals surface area contributed by atoms with Gasteiger partial charge in [0.15, 0.2) is 0 Å². The molecule has 1 aliphatic heterocycles. The molecule has 1 fully saturated rings. The summed E-state index contributed by atoms with van der Waals surface area (Å²) in [6, 6.07) is 21.2. The summed E-state index contributed by atoms with van der Waals surface area (Å²) >= 11 is 0. The zero-order valence-electron chi connectivity index (χ0n) is 21.8. The van der Waals surface area contributed by atoms with Crippen LogP contribution in [0, 0.1) is 6.92 Å². The number of rotatable bonds is 7. The number of piperazine rings is 1. The molecule has 0 spiro atoms. The highest BCUT2D eigenvalue weighted by molar-refractivity contribution is 6.10. The Balaban J connectivity index is 1.53. The monoisotopic (exact) mass is 513 g/mol. The second-order valence-corrected chi connectivity index (χ2v) is 9.33. The molecule has 9 heteroatoms.